The van der Waals surface area contributed by atoms with Crippen LogP contribution < -0.4 is 15.5 Å². The van der Waals surface area contributed by atoms with Crippen LogP contribution in [0.15, 0.2) is 67.0 Å². The zero-order chi connectivity index (χ0) is 26.5. The quantitative estimate of drug-likeness (QED) is 0.440. The Bertz CT molecular complexity index is 1100. The summed E-state index contributed by atoms with van der Waals surface area (Å²) in [5.74, 6) is 1.33. The zero-order valence-corrected chi connectivity index (χ0v) is 22.2. The molecular weight excluding hydrogens is 488 g/mol. The number of piperazine rings is 1. The van der Waals surface area contributed by atoms with Crippen molar-refractivity contribution in [2.45, 2.75) is 39.4 Å². The van der Waals surface area contributed by atoms with E-state index in [2.05, 4.69) is 54.7 Å². The minimum Gasteiger partial charge on any atom is -0.352 e. The second-order valence-corrected chi connectivity index (χ2v) is 9.17. The Labute approximate surface area is 224 Å². The third kappa shape index (κ3) is 10.2. The predicted octanol–water partition coefficient (Wildman–Crippen LogP) is 3.50. The minimum absolute atomic E-state index is 0.000608. The van der Waals surface area contributed by atoms with E-state index in [1.807, 2.05) is 30.3 Å². The number of nitrogens with one attached hydrogen (secondary N) is 2. The summed E-state index contributed by atoms with van der Waals surface area (Å²) in [6, 6.07) is 18.2. The van der Waals surface area contributed by atoms with Crippen LogP contribution >= 0.6 is 11.6 Å². The smallest absolute Gasteiger partial charge is 0.225 e. The summed E-state index contributed by atoms with van der Waals surface area (Å²) in [4.78, 5) is 34.9. The maximum atomic E-state index is 10.9. The van der Waals surface area contributed by atoms with Crippen molar-refractivity contribution >= 4 is 29.4 Å². The van der Waals surface area contributed by atoms with E-state index in [1.54, 1.807) is 12.4 Å². The Morgan fingerprint density at radius 2 is 1.22 bits per heavy atom. The molecule has 1 saturated heterocycles. The van der Waals surface area contributed by atoms with Gasteiger partial charge < -0.3 is 15.5 Å². The van der Waals surface area contributed by atoms with Crippen molar-refractivity contribution in [1.29, 1.82) is 0 Å². The molecule has 0 bridgehead atoms. The van der Waals surface area contributed by atoms with E-state index in [0.29, 0.717) is 19.0 Å². The molecule has 0 unspecified atom stereocenters. The van der Waals surface area contributed by atoms with Gasteiger partial charge in [0, 0.05) is 77.9 Å². The number of carbonyl (C=O) groups excluding carboxylic acids is 2. The van der Waals surface area contributed by atoms with Crippen LogP contribution in [0.2, 0.25) is 0 Å². The van der Waals surface area contributed by atoms with Gasteiger partial charge in [0.2, 0.25) is 17.8 Å². The Hall–Kier alpha value is -3.49. The molecule has 1 aromatic heterocycles. The summed E-state index contributed by atoms with van der Waals surface area (Å²) >= 11 is 5.64. The topological polar surface area (TPSA) is 90.5 Å². The lowest BCUT2D eigenvalue weighted by molar-refractivity contribution is -0.120. The van der Waals surface area contributed by atoms with Gasteiger partial charge in [-0.1, -0.05) is 48.5 Å². The minimum atomic E-state index is -0.0126. The predicted molar refractivity (Wildman–Crippen MR) is 147 cm³/mol. The maximum Gasteiger partial charge on any atom is 0.225 e. The molecule has 3 aromatic rings. The fraction of sp³-hybridized carbons (Fsp3) is 0.357. The number of hydrogen-bond acceptors (Lipinski definition) is 6. The molecule has 1 aliphatic heterocycles. The first kappa shape index (κ1) is 28.1. The van der Waals surface area contributed by atoms with Gasteiger partial charge in [-0.05, 0) is 28.3 Å². The van der Waals surface area contributed by atoms with Gasteiger partial charge >= 0.3 is 0 Å². The number of alkyl halides is 1. The van der Waals surface area contributed by atoms with E-state index in [9.17, 15) is 9.59 Å². The van der Waals surface area contributed by atoms with E-state index in [0.717, 1.165) is 55.4 Å². The second-order valence-electron chi connectivity index (χ2n) is 8.90. The molecule has 0 radical (unpaired) electrons. The van der Waals surface area contributed by atoms with E-state index in [1.165, 1.54) is 19.4 Å². The standard InChI is InChI=1S/C18H23N5O.C10H12ClNO/c1-15(24)21-13-16-3-5-17(6-4-16)14-22-9-11-23(12-10-22)18-19-7-2-8-20-18;1-8(13)12-7-10-4-2-9(6-11)3-5-10/h2-8H,9-14H2,1H3,(H,21,24);2-5H,6-7H2,1H3,(H,12,13). The van der Waals surface area contributed by atoms with Crippen LogP contribution in [-0.2, 0) is 35.1 Å². The zero-order valence-electron chi connectivity index (χ0n) is 21.5. The van der Waals surface area contributed by atoms with Crippen LogP contribution in [-0.4, -0.2) is 52.9 Å². The van der Waals surface area contributed by atoms with Gasteiger partial charge in [-0.25, -0.2) is 9.97 Å². The molecule has 1 fully saturated rings. The van der Waals surface area contributed by atoms with Gasteiger partial charge in [-0.3, -0.25) is 14.5 Å². The normalized spacial score (nSPS) is 13.3. The van der Waals surface area contributed by atoms with Crippen molar-refractivity contribution < 1.29 is 9.59 Å². The summed E-state index contributed by atoms with van der Waals surface area (Å²) in [7, 11) is 0. The fourth-order valence-corrected chi connectivity index (χ4v) is 3.96. The van der Waals surface area contributed by atoms with Gasteiger partial charge in [0.1, 0.15) is 0 Å². The molecule has 1 aliphatic rings. The number of anilines is 1. The highest BCUT2D eigenvalue weighted by Crippen LogP contribution is 2.13. The molecular formula is C28H35ClN6O2. The van der Waals surface area contributed by atoms with Crippen LogP contribution in [0, 0.1) is 0 Å². The number of rotatable bonds is 8. The summed E-state index contributed by atoms with van der Waals surface area (Å²) in [6.45, 7) is 9.07. The summed E-state index contributed by atoms with van der Waals surface area (Å²) in [6.07, 6.45) is 3.58. The van der Waals surface area contributed by atoms with E-state index in [4.69, 9.17) is 11.6 Å². The van der Waals surface area contributed by atoms with Gasteiger partial charge in [0.15, 0.2) is 0 Å². The third-order valence-corrected chi connectivity index (χ3v) is 6.21. The monoisotopic (exact) mass is 522 g/mol. The molecule has 0 aliphatic carbocycles. The molecule has 2 amide bonds. The highest BCUT2D eigenvalue weighted by molar-refractivity contribution is 6.17. The van der Waals surface area contributed by atoms with Crippen LogP contribution in [0.3, 0.4) is 0 Å². The summed E-state index contributed by atoms with van der Waals surface area (Å²) in [5.41, 5.74) is 4.60. The van der Waals surface area contributed by atoms with Crippen molar-refractivity contribution in [1.82, 2.24) is 25.5 Å². The fourth-order valence-electron chi connectivity index (χ4n) is 3.78. The summed E-state index contributed by atoms with van der Waals surface area (Å²) < 4.78 is 0. The summed E-state index contributed by atoms with van der Waals surface area (Å²) in [5, 5.41) is 5.54. The number of hydrogen-bond donors (Lipinski definition) is 2. The first-order chi connectivity index (χ1) is 17.9. The van der Waals surface area contributed by atoms with Crippen molar-refractivity contribution in [2.75, 3.05) is 31.1 Å². The average molecular weight is 523 g/mol. The third-order valence-electron chi connectivity index (χ3n) is 5.90. The first-order valence-electron chi connectivity index (χ1n) is 12.4. The Morgan fingerprint density at radius 3 is 1.68 bits per heavy atom. The molecule has 0 saturated carbocycles. The average Bonchev–Trinajstić information content (AvgIpc) is 2.93. The lowest BCUT2D eigenvalue weighted by atomic mass is 10.1. The molecule has 196 valence electrons. The van der Waals surface area contributed by atoms with Crippen molar-refractivity contribution in [3.63, 3.8) is 0 Å². The molecule has 0 spiro atoms. The van der Waals surface area contributed by atoms with E-state index < -0.39 is 0 Å². The van der Waals surface area contributed by atoms with Crippen molar-refractivity contribution in [3.05, 3.63) is 89.2 Å². The molecule has 4 rings (SSSR count). The van der Waals surface area contributed by atoms with Crippen molar-refractivity contribution in [2.24, 2.45) is 0 Å². The number of carbonyl (C=O) groups is 2. The van der Waals surface area contributed by atoms with Crippen LogP contribution in [0.4, 0.5) is 5.95 Å². The van der Waals surface area contributed by atoms with Gasteiger partial charge in [-0.15, -0.1) is 11.6 Å². The number of halogens is 1. The van der Waals surface area contributed by atoms with Gasteiger partial charge in [-0.2, -0.15) is 0 Å². The SMILES string of the molecule is CC(=O)NCc1ccc(CCl)cc1.CC(=O)NCc1ccc(CN2CCN(c3ncccn3)CC2)cc1. The largest absolute Gasteiger partial charge is 0.352 e. The Kier molecular flexibility index (Phi) is 11.3. The molecule has 0 atom stereocenters. The molecule has 2 N–H and O–H groups in total. The molecule has 9 heteroatoms. The van der Waals surface area contributed by atoms with Crippen LogP contribution in [0.25, 0.3) is 0 Å². The second kappa shape index (κ2) is 14.9. The lowest BCUT2D eigenvalue weighted by Crippen LogP contribution is -2.46. The highest BCUT2D eigenvalue weighted by Gasteiger charge is 2.18. The van der Waals surface area contributed by atoms with E-state index >= 15 is 0 Å². The Balaban J connectivity index is 0.000000248. The molecule has 2 heterocycles. The number of aromatic nitrogens is 2. The maximum absolute atomic E-state index is 10.9. The van der Waals surface area contributed by atoms with Crippen molar-refractivity contribution in [3.8, 4) is 0 Å². The Morgan fingerprint density at radius 1 is 0.757 bits per heavy atom. The number of benzene rings is 2. The van der Waals surface area contributed by atoms with Gasteiger partial charge in [0.25, 0.3) is 0 Å². The van der Waals surface area contributed by atoms with Crippen LogP contribution in [0.1, 0.15) is 36.1 Å². The number of amides is 2. The highest BCUT2D eigenvalue weighted by atomic mass is 35.5. The lowest BCUT2D eigenvalue weighted by Gasteiger charge is -2.34. The van der Waals surface area contributed by atoms with E-state index in [-0.39, 0.29) is 11.8 Å². The van der Waals surface area contributed by atoms with Gasteiger partial charge in [0.05, 0.1) is 0 Å². The first-order valence-corrected chi connectivity index (χ1v) is 12.9. The van der Waals surface area contributed by atoms with Crippen LogP contribution in [0.5, 0.6) is 0 Å². The molecule has 37 heavy (non-hydrogen) atoms. The molecule has 8 nitrogen and oxygen atoms in total. The molecule has 2 aromatic carbocycles. The number of nitrogens with zero attached hydrogens (tertiary/aromatic N) is 4.